The van der Waals surface area contributed by atoms with Gasteiger partial charge in [0.25, 0.3) is 0 Å². The Morgan fingerprint density at radius 3 is 1.20 bits per heavy atom. The maximum atomic E-state index is 6.76. The van der Waals surface area contributed by atoms with Gasteiger partial charge in [-0.2, -0.15) is 0 Å². The molecule has 0 radical (unpaired) electrons. The van der Waals surface area contributed by atoms with E-state index >= 15 is 0 Å². The highest BCUT2D eigenvalue weighted by Crippen LogP contribution is 2.61. The molecule has 0 N–H and O–H groups in total. The van der Waals surface area contributed by atoms with Crippen molar-refractivity contribution in [1.29, 1.82) is 0 Å². The van der Waals surface area contributed by atoms with Crippen LogP contribution in [0.3, 0.4) is 0 Å². The highest BCUT2D eigenvalue weighted by Gasteiger charge is 2.36. The Bertz CT molecular complexity index is 3300. The van der Waals surface area contributed by atoms with Gasteiger partial charge in [0, 0.05) is 22.6 Å². The van der Waals surface area contributed by atoms with E-state index in [1.54, 1.807) is 0 Å². The van der Waals surface area contributed by atoms with Gasteiger partial charge in [0.15, 0.2) is 23.0 Å². The van der Waals surface area contributed by atoms with Gasteiger partial charge in [0.05, 0.1) is 11.4 Å². The predicted octanol–water partition coefficient (Wildman–Crippen LogP) is 17.2. The third kappa shape index (κ3) is 6.66. The van der Waals surface area contributed by atoms with Gasteiger partial charge in [-0.15, -0.1) is 0 Å². The molecule has 2 aliphatic heterocycles. The van der Waals surface area contributed by atoms with Gasteiger partial charge in [0.1, 0.15) is 5.69 Å². The Kier molecular flexibility index (Phi) is 9.12. The molecule has 4 nitrogen and oxygen atoms in total. The molecule has 0 atom stereocenters. The number of nitrogens with zero attached hydrogens (tertiary/aromatic N) is 2. The zero-order chi connectivity index (χ0) is 42.4. The third-order valence-electron chi connectivity index (χ3n) is 12.3. The number of benzene rings is 10. The first-order chi connectivity index (χ1) is 31.7. The Hall–Kier alpha value is -8.60. The average Bonchev–Trinajstić information content (AvgIpc) is 3.37. The summed E-state index contributed by atoms with van der Waals surface area (Å²) in [6.45, 7) is 0. The van der Waals surface area contributed by atoms with Crippen LogP contribution in [0.1, 0.15) is 0 Å². The molecule has 302 valence electrons. The molecule has 0 unspecified atom stereocenters. The molecule has 0 amide bonds. The Morgan fingerprint density at radius 2 is 0.672 bits per heavy atom. The molecule has 0 fully saturated rings. The first kappa shape index (κ1) is 37.2. The van der Waals surface area contributed by atoms with E-state index in [-0.39, 0.29) is 0 Å². The summed E-state index contributed by atoms with van der Waals surface area (Å²) in [5.74, 6) is 3.18. The minimum absolute atomic E-state index is 0.768. The van der Waals surface area contributed by atoms with Crippen molar-refractivity contribution < 1.29 is 9.47 Å². The molecule has 2 heterocycles. The molecule has 0 bridgehead atoms. The lowest BCUT2D eigenvalue weighted by molar-refractivity contribution is 0.447. The number of hydrogen-bond donors (Lipinski definition) is 0. The van der Waals surface area contributed by atoms with Crippen LogP contribution in [-0.4, -0.2) is 0 Å². The zero-order valence-electron chi connectivity index (χ0n) is 34.8. The molecule has 0 saturated carbocycles. The Labute approximate surface area is 373 Å². The molecule has 12 rings (SSSR count). The fraction of sp³-hybridized carbons (Fsp3) is 0. The standard InChI is InChI=1S/C60H40N2O2/c1-3-13-41(14-4-1)43-25-31-50(32-26-43)61(51-33-27-44(28-34-51)47-18-11-17-46(39-47)42-15-5-2-6-16-42)52-35-29-45(30-36-52)48-19-12-20-49(40-48)53-37-38-58-59-60(53)64-57-24-10-8-22-55(57)62(59)54-21-7-9-23-56(54)63-58/h1-40H. The molecule has 2 aliphatic rings. The van der Waals surface area contributed by atoms with Gasteiger partial charge < -0.3 is 14.4 Å². The number of rotatable bonds is 8. The monoisotopic (exact) mass is 820 g/mol. The quantitative estimate of drug-likeness (QED) is 0.152. The van der Waals surface area contributed by atoms with E-state index in [2.05, 4.69) is 216 Å². The Morgan fingerprint density at radius 1 is 0.281 bits per heavy atom. The lowest BCUT2D eigenvalue weighted by atomic mass is 9.96. The van der Waals surface area contributed by atoms with Crippen molar-refractivity contribution in [3.63, 3.8) is 0 Å². The molecule has 0 aromatic heterocycles. The average molecular weight is 821 g/mol. The van der Waals surface area contributed by atoms with Crippen molar-refractivity contribution in [2.24, 2.45) is 0 Å². The minimum atomic E-state index is 0.768. The van der Waals surface area contributed by atoms with Crippen LogP contribution in [0.5, 0.6) is 23.0 Å². The van der Waals surface area contributed by atoms with Gasteiger partial charge >= 0.3 is 0 Å². The summed E-state index contributed by atoms with van der Waals surface area (Å²) in [6.07, 6.45) is 0. The lowest BCUT2D eigenvalue weighted by Gasteiger charge is -2.38. The van der Waals surface area contributed by atoms with E-state index in [9.17, 15) is 0 Å². The first-order valence-electron chi connectivity index (χ1n) is 21.7. The SMILES string of the molecule is c1ccc(-c2ccc(N(c3ccc(-c4cccc(-c5ccccc5)c4)cc3)c3ccc(-c4cccc(-c5ccc6c7c5Oc5ccccc5N7c5ccccc5O6)c4)cc3)cc2)cc1. The summed E-state index contributed by atoms with van der Waals surface area (Å²) in [7, 11) is 0. The minimum Gasteiger partial charge on any atom is -0.453 e. The van der Waals surface area contributed by atoms with Crippen LogP contribution >= 0.6 is 0 Å². The van der Waals surface area contributed by atoms with Gasteiger partial charge in [-0.1, -0.05) is 158 Å². The largest absolute Gasteiger partial charge is 0.453 e. The second kappa shape index (κ2) is 15.7. The molecule has 10 aromatic rings. The second-order valence-electron chi connectivity index (χ2n) is 16.1. The van der Waals surface area contributed by atoms with Gasteiger partial charge in [0.2, 0.25) is 0 Å². The zero-order valence-corrected chi connectivity index (χ0v) is 34.8. The summed E-state index contributed by atoms with van der Waals surface area (Å²) >= 11 is 0. The fourth-order valence-corrected chi connectivity index (χ4v) is 9.10. The smallest absolute Gasteiger partial charge is 0.163 e. The van der Waals surface area contributed by atoms with E-state index in [0.717, 1.165) is 79.4 Å². The molecule has 0 spiro atoms. The predicted molar refractivity (Wildman–Crippen MR) is 263 cm³/mol. The maximum absolute atomic E-state index is 6.76. The maximum Gasteiger partial charge on any atom is 0.163 e. The first-order valence-corrected chi connectivity index (χ1v) is 21.7. The van der Waals surface area contributed by atoms with Crippen molar-refractivity contribution in [1.82, 2.24) is 0 Å². The summed E-state index contributed by atoms with van der Waals surface area (Å²) in [4.78, 5) is 4.60. The van der Waals surface area contributed by atoms with Gasteiger partial charge in [-0.05, 0) is 135 Å². The van der Waals surface area contributed by atoms with Crippen molar-refractivity contribution >= 4 is 34.1 Å². The number of para-hydroxylation sites is 4. The van der Waals surface area contributed by atoms with E-state index in [1.165, 1.54) is 33.4 Å². The summed E-state index contributed by atoms with van der Waals surface area (Å²) in [6, 6.07) is 85.8. The lowest BCUT2D eigenvalue weighted by Crippen LogP contribution is -2.20. The number of ether oxygens (including phenoxy) is 2. The van der Waals surface area contributed by atoms with Crippen LogP contribution in [0.4, 0.5) is 34.1 Å². The topological polar surface area (TPSA) is 24.9 Å². The van der Waals surface area contributed by atoms with E-state index in [4.69, 9.17) is 9.47 Å². The third-order valence-corrected chi connectivity index (χ3v) is 12.3. The van der Waals surface area contributed by atoms with Crippen LogP contribution in [0, 0.1) is 0 Å². The van der Waals surface area contributed by atoms with Crippen LogP contribution < -0.4 is 19.3 Å². The van der Waals surface area contributed by atoms with Crippen molar-refractivity contribution in [3.05, 3.63) is 243 Å². The highest BCUT2D eigenvalue weighted by atomic mass is 16.5. The molecule has 4 heteroatoms. The van der Waals surface area contributed by atoms with Crippen molar-refractivity contribution in [3.8, 4) is 78.6 Å². The van der Waals surface area contributed by atoms with E-state index in [1.807, 2.05) is 36.4 Å². The van der Waals surface area contributed by atoms with Gasteiger partial charge in [-0.25, -0.2) is 0 Å². The number of anilines is 6. The molecule has 0 aliphatic carbocycles. The van der Waals surface area contributed by atoms with Crippen LogP contribution in [0.15, 0.2) is 243 Å². The molecular weight excluding hydrogens is 781 g/mol. The molecule has 64 heavy (non-hydrogen) atoms. The summed E-state index contributed by atoms with van der Waals surface area (Å²) in [5.41, 5.74) is 17.6. The van der Waals surface area contributed by atoms with Gasteiger partial charge in [-0.3, -0.25) is 4.90 Å². The summed E-state index contributed by atoms with van der Waals surface area (Å²) in [5, 5.41) is 0. The highest BCUT2D eigenvalue weighted by molar-refractivity contribution is 5.98. The van der Waals surface area contributed by atoms with Crippen LogP contribution in [0.2, 0.25) is 0 Å². The van der Waals surface area contributed by atoms with Crippen molar-refractivity contribution in [2.75, 3.05) is 9.80 Å². The summed E-state index contributed by atoms with van der Waals surface area (Å²) < 4.78 is 13.2. The second-order valence-corrected chi connectivity index (χ2v) is 16.1. The number of hydrogen-bond acceptors (Lipinski definition) is 4. The fourth-order valence-electron chi connectivity index (χ4n) is 9.10. The molecule has 0 saturated heterocycles. The molecular formula is C60H40N2O2. The van der Waals surface area contributed by atoms with E-state index < -0.39 is 0 Å². The van der Waals surface area contributed by atoms with Crippen LogP contribution in [0.25, 0.3) is 55.6 Å². The normalized spacial score (nSPS) is 12.0. The number of fused-ring (bicyclic) bond motifs is 4. The van der Waals surface area contributed by atoms with Crippen molar-refractivity contribution in [2.45, 2.75) is 0 Å². The van der Waals surface area contributed by atoms with E-state index in [0.29, 0.717) is 0 Å². The molecule has 10 aromatic carbocycles. The Balaban J connectivity index is 0.889. The van der Waals surface area contributed by atoms with Crippen LogP contribution in [-0.2, 0) is 0 Å².